The van der Waals surface area contributed by atoms with Crippen LogP contribution in [0.25, 0.3) is 0 Å². The van der Waals surface area contributed by atoms with Crippen molar-refractivity contribution in [2.24, 2.45) is 0 Å². The van der Waals surface area contributed by atoms with Crippen molar-refractivity contribution in [2.75, 3.05) is 5.75 Å². The highest BCUT2D eigenvalue weighted by molar-refractivity contribution is 7.99. The molecule has 0 nitrogen and oxygen atoms in total. The minimum Gasteiger partial charge on any atom is -0.126 e. The molecule has 77 valence electrons. The Hall–Kier alpha value is -0.430. The zero-order valence-electron chi connectivity index (χ0n) is 8.96. The maximum absolute atomic E-state index is 3.86. The van der Waals surface area contributed by atoms with Gasteiger partial charge in [-0.3, -0.25) is 0 Å². The first-order valence-electron chi connectivity index (χ1n) is 5.37. The summed E-state index contributed by atoms with van der Waals surface area (Å²) in [6, 6.07) is 8.90. The summed E-state index contributed by atoms with van der Waals surface area (Å²) in [7, 11) is 0. The van der Waals surface area contributed by atoms with Crippen molar-refractivity contribution in [3.05, 3.63) is 36.8 Å². The lowest BCUT2D eigenvalue weighted by atomic mass is 10.1. The van der Waals surface area contributed by atoms with Crippen LogP contribution in [0, 0.1) is 6.92 Å². The summed E-state index contributed by atoms with van der Waals surface area (Å²) in [5.74, 6) is 1.24. The van der Waals surface area contributed by atoms with Gasteiger partial charge in [0.1, 0.15) is 0 Å². The molecule has 0 unspecified atom stereocenters. The quantitative estimate of drug-likeness (QED) is 0.494. The third kappa shape index (κ3) is 4.19. The molecule has 0 saturated heterocycles. The molecule has 0 aliphatic rings. The van der Waals surface area contributed by atoms with Gasteiger partial charge in [0.2, 0.25) is 0 Å². The second-order valence-electron chi connectivity index (χ2n) is 3.45. The second kappa shape index (κ2) is 6.94. The number of hydrogen-bond acceptors (Lipinski definition) is 1. The summed E-state index contributed by atoms with van der Waals surface area (Å²) in [5, 5.41) is 0. The lowest BCUT2D eigenvalue weighted by molar-refractivity contribution is 0.896. The maximum atomic E-state index is 3.86. The molecular weight excluding hydrogens is 188 g/mol. The highest BCUT2D eigenvalue weighted by Gasteiger charge is 1.94. The molecule has 1 aromatic rings. The summed E-state index contributed by atoms with van der Waals surface area (Å²) in [5.41, 5.74) is 1.40. The van der Waals surface area contributed by atoms with Crippen LogP contribution in [0.3, 0.4) is 0 Å². The first-order valence-corrected chi connectivity index (χ1v) is 6.36. The van der Waals surface area contributed by atoms with E-state index in [1.807, 2.05) is 11.8 Å². The largest absolute Gasteiger partial charge is 0.126 e. The van der Waals surface area contributed by atoms with Gasteiger partial charge in [-0.2, -0.15) is 0 Å². The highest BCUT2D eigenvalue weighted by Crippen LogP contribution is 2.20. The van der Waals surface area contributed by atoms with Gasteiger partial charge in [-0.1, -0.05) is 32.4 Å². The summed E-state index contributed by atoms with van der Waals surface area (Å²) in [6.45, 7) is 6.09. The van der Waals surface area contributed by atoms with Crippen LogP contribution in [-0.4, -0.2) is 5.75 Å². The first kappa shape index (κ1) is 11.6. The molecule has 0 N–H and O–H groups in total. The first-order chi connectivity index (χ1) is 6.86. The van der Waals surface area contributed by atoms with Crippen molar-refractivity contribution in [1.29, 1.82) is 0 Å². The van der Waals surface area contributed by atoms with Gasteiger partial charge >= 0.3 is 0 Å². The van der Waals surface area contributed by atoms with Gasteiger partial charge in [-0.25, -0.2) is 0 Å². The van der Waals surface area contributed by atoms with Crippen molar-refractivity contribution in [3.63, 3.8) is 0 Å². The summed E-state index contributed by atoms with van der Waals surface area (Å²) >= 11 is 1.96. The van der Waals surface area contributed by atoms with Gasteiger partial charge in [-0.05, 0) is 42.7 Å². The molecule has 0 aromatic heterocycles. The van der Waals surface area contributed by atoms with E-state index >= 15 is 0 Å². The molecule has 0 fully saturated rings. The van der Waals surface area contributed by atoms with Crippen LogP contribution >= 0.6 is 11.8 Å². The summed E-state index contributed by atoms with van der Waals surface area (Å²) in [6.07, 6.45) is 4.68. The Morgan fingerprint density at radius 2 is 1.93 bits per heavy atom. The fraction of sp³-hybridized carbons (Fsp3) is 0.462. The van der Waals surface area contributed by atoms with E-state index in [1.54, 1.807) is 0 Å². The van der Waals surface area contributed by atoms with Crippen molar-refractivity contribution in [3.8, 4) is 0 Å². The molecular formula is C13H19S. The monoisotopic (exact) mass is 207 g/mol. The van der Waals surface area contributed by atoms with E-state index in [9.17, 15) is 0 Å². The third-order valence-corrected chi connectivity index (χ3v) is 3.25. The van der Waals surface area contributed by atoms with E-state index in [1.165, 1.54) is 29.1 Å². The van der Waals surface area contributed by atoms with Crippen LogP contribution < -0.4 is 0 Å². The summed E-state index contributed by atoms with van der Waals surface area (Å²) in [4.78, 5) is 1.39. The Labute approximate surface area is 92.1 Å². The Morgan fingerprint density at radius 3 is 2.50 bits per heavy atom. The molecule has 0 heterocycles. The number of aryl methyl sites for hydroxylation is 1. The van der Waals surface area contributed by atoms with Crippen molar-refractivity contribution in [1.82, 2.24) is 0 Å². The molecule has 0 aliphatic heterocycles. The van der Waals surface area contributed by atoms with E-state index in [-0.39, 0.29) is 0 Å². The number of hydrogen-bond donors (Lipinski definition) is 0. The molecule has 0 atom stereocenters. The van der Waals surface area contributed by atoms with Crippen LogP contribution in [0.15, 0.2) is 29.2 Å². The molecule has 0 bridgehead atoms. The van der Waals surface area contributed by atoms with Gasteiger partial charge in [0.15, 0.2) is 0 Å². The van der Waals surface area contributed by atoms with Crippen LogP contribution in [0.1, 0.15) is 31.7 Å². The van der Waals surface area contributed by atoms with E-state index in [0.29, 0.717) is 0 Å². The van der Waals surface area contributed by atoms with Gasteiger partial charge in [0.05, 0.1) is 0 Å². The van der Waals surface area contributed by atoms with Crippen LogP contribution in [-0.2, 0) is 6.42 Å². The maximum Gasteiger partial charge on any atom is 0.00721 e. The van der Waals surface area contributed by atoms with Crippen molar-refractivity contribution < 1.29 is 0 Å². The fourth-order valence-corrected chi connectivity index (χ4v) is 2.29. The van der Waals surface area contributed by atoms with E-state index in [2.05, 4.69) is 38.1 Å². The Kier molecular flexibility index (Phi) is 5.77. The predicted molar refractivity (Wildman–Crippen MR) is 65.8 cm³/mol. The average Bonchev–Trinajstić information content (AvgIpc) is 2.21. The standard InChI is InChI=1S/C13H19S/c1-3-5-11-14-13-9-7-12(6-4-2)8-10-13/h7-10H,2-6,11H2,1H3. The van der Waals surface area contributed by atoms with Crippen molar-refractivity contribution in [2.45, 2.75) is 37.5 Å². The number of unbranched alkanes of at least 4 members (excludes halogenated alkanes) is 1. The molecule has 1 heteroatoms. The van der Waals surface area contributed by atoms with Gasteiger partial charge in [0, 0.05) is 4.90 Å². The molecule has 0 spiro atoms. The fourth-order valence-electron chi connectivity index (χ4n) is 1.29. The Balaban J connectivity index is 2.38. The molecule has 1 aromatic carbocycles. The van der Waals surface area contributed by atoms with E-state index in [4.69, 9.17) is 0 Å². The number of thioether (sulfide) groups is 1. The molecule has 14 heavy (non-hydrogen) atoms. The van der Waals surface area contributed by atoms with Gasteiger partial charge < -0.3 is 0 Å². The topological polar surface area (TPSA) is 0 Å². The number of benzene rings is 1. The molecule has 1 radical (unpaired) electrons. The van der Waals surface area contributed by atoms with Crippen LogP contribution in [0.5, 0.6) is 0 Å². The molecule has 0 amide bonds. The van der Waals surface area contributed by atoms with Crippen LogP contribution in [0.4, 0.5) is 0 Å². The second-order valence-corrected chi connectivity index (χ2v) is 4.62. The lowest BCUT2D eigenvalue weighted by Crippen LogP contribution is -1.83. The smallest absolute Gasteiger partial charge is 0.00721 e. The average molecular weight is 207 g/mol. The van der Waals surface area contributed by atoms with E-state index < -0.39 is 0 Å². The normalized spacial score (nSPS) is 10.4. The predicted octanol–water partition coefficient (Wildman–Crippen LogP) is 4.35. The molecule has 1 rings (SSSR count). The Morgan fingerprint density at radius 1 is 1.21 bits per heavy atom. The minimum atomic E-state index is 0.988. The Bertz CT molecular complexity index is 238. The zero-order valence-corrected chi connectivity index (χ0v) is 9.78. The third-order valence-electron chi connectivity index (χ3n) is 2.16. The van der Waals surface area contributed by atoms with Crippen molar-refractivity contribution >= 4 is 11.8 Å². The molecule has 0 saturated carbocycles. The summed E-state index contributed by atoms with van der Waals surface area (Å²) < 4.78 is 0. The SMILES string of the molecule is [CH2]CCc1ccc(SCCCC)cc1. The lowest BCUT2D eigenvalue weighted by Gasteiger charge is -2.02. The van der Waals surface area contributed by atoms with Gasteiger partial charge in [-0.15, -0.1) is 11.8 Å². The number of rotatable bonds is 6. The minimum absolute atomic E-state index is 0.988. The molecule has 0 aliphatic carbocycles. The highest BCUT2D eigenvalue weighted by atomic mass is 32.2. The van der Waals surface area contributed by atoms with Gasteiger partial charge in [0.25, 0.3) is 0 Å². The zero-order chi connectivity index (χ0) is 10.2. The van der Waals surface area contributed by atoms with Crippen LogP contribution in [0.2, 0.25) is 0 Å². The van der Waals surface area contributed by atoms with E-state index in [0.717, 1.165) is 12.8 Å².